The number of fused-ring (bicyclic) bond motifs is 2. The molecule has 3 heterocycles. The van der Waals surface area contributed by atoms with Crippen molar-refractivity contribution in [2.24, 2.45) is 0 Å². The molecular weight excluding hydrogens is 326 g/mol. The molecule has 0 saturated heterocycles. The van der Waals surface area contributed by atoms with Crippen LogP contribution >= 0.6 is 11.6 Å². The number of nitrogens with one attached hydrogen (secondary N) is 2. The molecule has 124 valence electrons. The summed E-state index contributed by atoms with van der Waals surface area (Å²) in [5.41, 5.74) is 3.96. The first kappa shape index (κ1) is 15.4. The van der Waals surface area contributed by atoms with Gasteiger partial charge in [0.25, 0.3) is 0 Å². The van der Waals surface area contributed by atoms with Crippen LogP contribution in [-0.2, 0) is 17.8 Å². The molecule has 2 aromatic rings. The molecule has 6 heteroatoms. The van der Waals surface area contributed by atoms with Gasteiger partial charge in [0.05, 0.1) is 24.4 Å². The summed E-state index contributed by atoms with van der Waals surface area (Å²) in [6.45, 7) is 2.22. The molecule has 0 saturated carbocycles. The number of amides is 1. The van der Waals surface area contributed by atoms with Crippen molar-refractivity contribution in [3.8, 4) is 5.75 Å². The number of benzene rings is 1. The van der Waals surface area contributed by atoms with E-state index in [1.807, 2.05) is 18.3 Å². The highest BCUT2D eigenvalue weighted by Crippen LogP contribution is 2.36. The average molecular weight is 344 g/mol. The number of aromatic nitrogens is 1. The van der Waals surface area contributed by atoms with E-state index in [9.17, 15) is 4.79 Å². The predicted octanol–water partition coefficient (Wildman–Crippen LogP) is 2.89. The summed E-state index contributed by atoms with van der Waals surface area (Å²) in [4.78, 5) is 17.1. The molecular formula is C18H18ClN3O2. The molecule has 0 fully saturated rings. The lowest BCUT2D eigenvalue weighted by atomic mass is 9.92. The van der Waals surface area contributed by atoms with Crippen LogP contribution < -0.4 is 15.4 Å². The molecule has 5 nitrogen and oxygen atoms in total. The number of hydrogen-bond acceptors (Lipinski definition) is 4. The second-order valence-electron chi connectivity index (χ2n) is 6.11. The molecule has 0 spiro atoms. The lowest BCUT2D eigenvalue weighted by Gasteiger charge is -2.26. The van der Waals surface area contributed by atoms with Gasteiger partial charge in [-0.25, -0.2) is 0 Å². The number of carbonyl (C=O) groups is 1. The number of nitrogens with zero attached hydrogens (tertiary/aromatic N) is 1. The Morgan fingerprint density at radius 3 is 3.21 bits per heavy atom. The van der Waals surface area contributed by atoms with E-state index in [0.29, 0.717) is 18.1 Å². The number of rotatable bonds is 2. The molecule has 0 radical (unpaired) electrons. The normalized spacial score (nSPS) is 19.0. The summed E-state index contributed by atoms with van der Waals surface area (Å²) >= 11 is 6.10. The first-order valence-corrected chi connectivity index (χ1v) is 8.50. The molecule has 0 bridgehead atoms. The number of pyridine rings is 1. The van der Waals surface area contributed by atoms with Crippen LogP contribution in [-0.4, -0.2) is 24.0 Å². The van der Waals surface area contributed by atoms with Crippen molar-refractivity contribution in [3.05, 3.63) is 52.3 Å². The highest BCUT2D eigenvalue weighted by atomic mass is 35.5. The summed E-state index contributed by atoms with van der Waals surface area (Å²) in [5, 5.41) is 7.01. The summed E-state index contributed by atoms with van der Waals surface area (Å²) in [6, 6.07) is 5.43. The fraction of sp³-hybridized carbons (Fsp3) is 0.333. The van der Waals surface area contributed by atoms with Gasteiger partial charge in [0.15, 0.2) is 0 Å². The maximum Gasteiger partial charge on any atom is 0.232 e. The largest absolute Gasteiger partial charge is 0.493 e. The third kappa shape index (κ3) is 2.85. The molecule has 0 unspecified atom stereocenters. The molecule has 1 amide bonds. The molecule has 2 aliphatic rings. The Morgan fingerprint density at radius 2 is 2.29 bits per heavy atom. The maximum atomic E-state index is 12.9. The minimum Gasteiger partial charge on any atom is -0.493 e. The molecule has 24 heavy (non-hydrogen) atoms. The van der Waals surface area contributed by atoms with E-state index in [-0.39, 0.29) is 11.8 Å². The van der Waals surface area contributed by atoms with Gasteiger partial charge in [0.2, 0.25) is 5.91 Å². The molecule has 1 atom stereocenters. The van der Waals surface area contributed by atoms with Gasteiger partial charge in [-0.1, -0.05) is 11.6 Å². The fourth-order valence-corrected chi connectivity index (χ4v) is 3.54. The molecule has 0 aliphatic carbocycles. The van der Waals surface area contributed by atoms with Gasteiger partial charge in [-0.05, 0) is 48.7 Å². The van der Waals surface area contributed by atoms with Gasteiger partial charge in [-0.15, -0.1) is 0 Å². The highest BCUT2D eigenvalue weighted by Gasteiger charge is 2.29. The standard InChI is InChI=1S/C18H18ClN3O2/c19-12-1-2-17-14(7-12)13(4-6-24-17)18(23)22-16-10-21-8-11-3-5-20-9-15(11)16/h1-2,7-8,10,13,20H,3-6,9H2,(H,22,23)/t13-/m1/s1. The minimum atomic E-state index is -0.264. The van der Waals surface area contributed by atoms with E-state index < -0.39 is 0 Å². The monoisotopic (exact) mass is 343 g/mol. The number of hydrogen-bond donors (Lipinski definition) is 2. The van der Waals surface area contributed by atoms with Crippen LogP contribution in [0.1, 0.15) is 29.0 Å². The fourth-order valence-electron chi connectivity index (χ4n) is 3.36. The smallest absolute Gasteiger partial charge is 0.232 e. The van der Waals surface area contributed by atoms with Gasteiger partial charge in [0, 0.05) is 23.3 Å². The predicted molar refractivity (Wildman–Crippen MR) is 92.6 cm³/mol. The SMILES string of the molecule is O=C(Nc1cncc2c1CNCC2)[C@@H]1CCOc2ccc(Cl)cc21. The number of ether oxygens (including phenoxy) is 1. The zero-order chi connectivity index (χ0) is 16.5. The van der Waals surface area contributed by atoms with Crippen LogP contribution in [0.4, 0.5) is 5.69 Å². The van der Waals surface area contributed by atoms with Crippen molar-refractivity contribution >= 4 is 23.2 Å². The maximum absolute atomic E-state index is 12.9. The van der Waals surface area contributed by atoms with E-state index in [1.165, 1.54) is 5.56 Å². The zero-order valence-electron chi connectivity index (χ0n) is 13.1. The van der Waals surface area contributed by atoms with E-state index in [4.69, 9.17) is 16.3 Å². The van der Waals surface area contributed by atoms with Crippen molar-refractivity contribution in [2.75, 3.05) is 18.5 Å². The molecule has 4 rings (SSSR count). The first-order valence-electron chi connectivity index (χ1n) is 8.12. The van der Waals surface area contributed by atoms with E-state index in [1.54, 1.807) is 12.3 Å². The van der Waals surface area contributed by atoms with E-state index in [2.05, 4.69) is 15.6 Å². The van der Waals surface area contributed by atoms with E-state index in [0.717, 1.165) is 42.1 Å². The molecule has 2 aliphatic heterocycles. The van der Waals surface area contributed by atoms with Crippen molar-refractivity contribution in [3.63, 3.8) is 0 Å². The second-order valence-corrected chi connectivity index (χ2v) is 6.55. The summed E-state index contributed by atoms with van der Waals surface area (Å²) in [5.74, 6) is 0.433. The topological polar surface area (TPSA) is 63.2 Å². The Hall–Kier alpha value is -2.11. The number of anilines is 1. The highest BCUT2D eigenvalue weighted by molar-refractivity contribution is 6.30. The van der Waals surface area contributed by atoms with Crippen LogP contribution in [0.15, 0.2) is 30.6 Å². The third-order valence-corrected chi connectivity index (χ3v) is 4.84. The third-order valence-electron chi connectivity index (χ3n) is 4.61. The Kier molecular flexibility index (Phi) is 4.12. The average Bonchev–Trinajstić information content (AvgIpc) is 2.61. The number of halogens is 1. The lowest BCUT2D eigenvalue weighted by Crippen LogP contribution is -2.29. The van der Waals surface area contributed by atoms with Gasteiger partial charge in [-0.3, -0.25) is 9.78 Å². The van der Waals surface area contributed by atoms with Gasteiger partial charge < -0.3 is 15.4 Å². The first-order chi connectivity index (χ1) is 11.7. The summed E-state index contributed by atoms with van der Waals surface area (Å²) in [7, 11) is 0. The van der Waals surface area contributed by atoms with Crippen molar-refractivity contribution in [1.82, 2.24) is 10.3 Å². The van der Waals surface area contributed by atoms with Crippen LogP contribution in [0.2, 0.25) is 5.02 Å². The lowest BCUT2D eigenvalue weighted by molar-refractivity contribution is -0.118. The van der Waals surface area contributed by atoms with Crippen LogP contribution in [0.5, 0.6) is 5.75 Å². The van der Waals surface area contributed by atoms with Gasteiger partial charge in [0.1, 0.15) is 5.75 Å². The van der Waals surface area contributed by atoms with Crippen molar-refractivity contribution < 1.29 is 9.53 Å². The molecule has 1 aromatic carbocycles. The summed E-state index contributed by atoms with van der Waals surface area (Å²) in [6.07, 6.45) is 5.18. The van der Waals surface area contributed by atoms with Crippen molar-refractivity contribution in [2.45, 2.75) is 25.3 Å². The van der Waals surface area contributed by atoms with Crippen LogP contribution in [0, 0.1) is 0 Å². The van der Waals surface area contributed by atoms with Crippen LogP contribution in [0.3, 0.4) is 0 Å². The van der Waals surface area contributed by atoms with Crippen molar-refractivity contribution in [1.29, 1.82) is 0 Å². The Bertz CT molecular complexity index is 794. The molecule has 2 N–H and O–H groups in total. The van der Waals surface area contributed by atoms with E-state index >= 15 is 0 Å². The van der Waals surface area contributed by atoms with Gasteiger partial charge >= 0.3 is 0 Å². The Morgan fingerprint density at radius 1 is 1.38 bits per heavy atom. The summed E-state index contributed by atoms with van der Waals surface area (Å²) < 4.78 is 5.64. The van der Waals surface area contributed by atoms with Crippen LogP contribution in [0.25, 0.3) is 0 Å². The number of carbonyl (C=O) groups excluding carboxylic acids is 1. The second kappa shape index (κ2) is 6.42. The Balaban J connectivity index is 1.61. The zero-order valence-corrected chi connectivity index (χ0v) is 13.9. The van der Waals surface area contributed by atoms with Gasteiger partial charge in [-0.2, -0.15) is 0 Å². The minimum absolute atomic E-state index is 0.0393. The Labute approximate surface area is 145 Å². The molecule has 1 aromatic heterocycles. The quantitative estimate of drug-likeness (QED) is 0.880.